The number of hydrogen-bond donors (Lipinski definition) is 1. The fourth-order valence-corrected chi connectivity index (χ4v) is 3.26. The molecule has 0 aromatic heterocycles. The molecule has 20 heavy (non-hydrogen) atoms. The highest BCUT2D eigenvalue weighted by molar-refractivity contribution is 7.56. The smallest absolute Gasteiger partial charge is 0.385 e. The third-order valence-corrected chi connectivity index (χ3v) is 5.10. The fraction of sp³-hybridized carbons (Fsp3) is 0.462. The number of benzene rings is 1. The number of carbonyl (C=O) groups is 1. The Bertz CT molecular complexity index is 479. The van der Waals surface area contributed by atoms with Crippen LogP contribution in [-0.2, 0) is 18.4 Å². The summed E-state index contributed by atoms with van der Waals surface area (Å²) >= 11 is 0. The van der Waals surface area contributed by atoms with Gasteiger partial charge >= 0.3 is 18.9 Å². The molecule has 1 unspecified atom stereocenters. The number of rotatable bonds is 8. The zero-order valence-corrected chi connectivity index (χ0v) is 12.6. The van der Waals surface area contributed by atoms with Gasteiger partial charge in [-0.25, -0.2) is 4.79 Å². The maximum absolute atomic E-state index is 12.7. The Balaban J connectivity index is 3.18. The highest BCUT2D eigenvalue weighted by Crippen LogP contribution is 2.60. The summed E-state index contributed by atoms with van der Waals surface area (Å²) in [5.41, 5.74) is 0. The SMILES string of the molecule is CCOP(=O)(OCC)C(C)(Oc1ccccc1)C(=O)O. The van der Waals surface area contributed by atoms with Gasteiger partial charge in [0, 0.05) is 0 Å². The van der Waals surface area contributed by atoms with E-state index in [0.29, 0.717) is 0 Å². The molecule has 1 atom stereocenters. The van der Waals surface area contributed by atoms with E-state index in [9.17, 15) is 14.5 Å². The van der Waals surface area contributed by atoms with Crippen molar-refractivity contribution in [3.05, 3.63) is 30.3 Å². The van der Waals surface area contributed by atoms with Crippen LogP contribution in [-0.4, -0.2) is 29.6 Å². The van der Waals surface area contributed by atoms with E-state index in [1.54, 1.807) is 44.2 Å². The van der Waals surface area contributed by atoms with E-state index in [4.69, 9.17) is 13.8 Å². The molecule has 6 nitrogen and oxygen atoms in total. The molecule has 1 aromatic rings. The molecule has 0 aliphatic heterocycles. The Morgan fingerprint density at radius 3 is 2.10 bits per heavy atom. The van der Waals surface area contributed by atoms with Crippen LogP contribution in [0.15, 0.2) is 30.3 Å². The van der Waals surface area contributed by atoms with Gasteiger partial charge in [-0.05, 0) is 32.9 Å². The summed E-state index contributed by atoms with van der Waals surface area (Å²) in [6.45, 7) is 4.51. The number of hydrogen-bond acceptors (Lipinski definition) is 5. The molecule has 1 aromatic carbocycles. The topological polar surface area (TPSA) is 82.1 Å². The highest BCUT2D eigenvalue weighted by atomic mass is 31.2. The average molecular weight is 302 g/mol. The normalized spacial score (nSPS) is 14.6. The molecule has 1 N–H and O–H groups in total. The number of carboxylic acids is 1. The van der Waals surface area contributed by atoms with Crippen molar-refractivity contribution in [3.63, 3.8) is 0 Å². The quantitative estimate of drug-likeness (QED) is 0.743. The van der Waals surface area contributed by atoms with Crippen LogP contribution in [0.2, 0.25) is 0 Å². The molecule has 112 valence electrons. The molecule has 0 amide bonds. The van der Waals surface area contributed by atoms with Crippen molar-refractivity contribution in [2.45, 2.75) is 26.1 Å². The molecule has 0 spiro atoms. The Hall–Kier alpha value is -1.36. The highest BCUT2D eigenvalue weighted by Gasteiger charge is 2.56. The van der Waals surface area contributed by atoms with Crippen LogP contribution >= 0.6 is 7.60 Å². The van der Waals surface area contributed by atoms with Gasteiger partial charge in [0.1, 0.15) is 5.75 Å². The summed E-state index contributed by atoms with van der Waals surface area (Å²) < 4.78 is 28.3. The van der Waals surface area contributed by atoms with Crippen molar-refractivity contribution >= 4 is 13.6 Å². The molecular weight excluding hydrogens is 283 g/mol. The van der Waals surface area contributed by atoms with Crippen molar-refractivity contribution < 1.29 is 28.3 Å². The Kier molecular flexibility index (Phi) is 5.74. The van der Waals surface area contributed by atoms with E-state index in [0.717, 1.165) is 0 Å². The monoisotopic (exact) mass is 302 g/mol. The molecule has 1 rings (SSSR count). The molecule has 0 saturated carbocycles. The maximum atomic E-state index is 12.7. The standard InChI is InChI=1S/C13H19O6P/c1-4-17-20(16,18-5-2)13(3,12(14)15)19-11-9-7-6-8-10-11/h6-10H,4-5H2,1-3H3,(H,14,15). The van der Waals surface area contributed by atoms with Crippen LogP contribution in [0.1, 0.15) is 20.8 Å². The van der Waals surface area contributed by atoms with Gasteiger partial charge in [0.2, 0.25) is 0 Å². The third kappa shape index (κ3) is 3.39. The van der Waals surface area contributed by atoms with Gasteiger partial charge in [-0.3, -0.25) is 4.57 Å². The predicted molar refractivity (Wildman–Crippen MR) is 74.0 cm³/mol. The van der Waals surface area contributed by atoms with Gasteiger partial charge in [-0.1, -0.05) is 18.2 Å². The summed E-state index contributed by atoms with van der Waals surface area (Å²) in [4.78, 5) is 11.6. The van der Waals surface area contributed by atoms with Gasteiger partial charge in [0.25, 0.3) is 0 Å². The van der Waals surface area contributed by atoms with Crippen LogP contribution in [0.3, 0.4) is 0 Å². The van der Waals surface area contributed by atoms with E-state index in [1.165, 1.54) is 6.92 Å². The first-order chi connectivity index (χ1) is 9.39. The second-order valence-corrected chi connectivity index (χ2v) is 6.40. The number of para-hydroxylation sites is 1. The molecule has 0 radical (unpaired) electrons. The zero-order valence-electron chi connectivity index (χ0n) is 11.7. The molecule has 0 aliphatic carbocycles. The van der Waals surface area contributed by atoms with Gasteiger partial charge < -0.3 is 18.9 Å². The Morgan fingerprint density at radius 2 is 1.70 bits per heavy atom. The maximum Gasteiger partial charge on any atom is 0.385 e. The third-order valence-electron chi connectivity index (χ3n) is 2.58. The van der Waals surface area contributed by atoms with E-state index in [-0.39, 0.29) is 19.0 Å². The van der Waals surface area contributed by atoms with E-state index in [1.807, 2.05) is 0 Å². The van der Waals surface area contributed by atoms with Crippen molar-refractivity contribution in [2.75, 3.05) is 13.2 Å². The van der Waals surface area contributed by atoms with Crippen molar-refractivity contribution in [1.82, 2.24) is 0 Å². The summed E-state index contributed by atoms with van der Waals surface area (Å²) in [5, 5.41) is 7.31. The van der Waals surface area contributed by atoms with Crippen LogP contribution in [0.5, 0.6) is 5.75 Å². The molecule has 7 heteroatoms. The summed E-state index contributed by atoms with van der Waals surface area (Å²) in [7, 11) is -3.98. The number of carboxylic acid groups (broad SMARTS) is 1. The van der Waals surface area contributed by atoms with Crippen LogP contribution in [0.4, 0.5) is 0 Å². The second-order valence-electron chi connectivity index (χ2n) is 4.04. The van der Waals surface area contributed by atoms with Crippen LogP contribution < -0.4 is 4.74 Å². The molecule has 0 aliphatic rings. The fourth-order valence-electron chi connectivity index (χ4n) is 1.56. The van der Waals surface area contributed by atoms with Crippen molar-refractivity contribution in [3.8, 4) is 5.75 Å². The van der Waals surface area contributed by atoms with Crippen molar-refractivity contribution in [1.29, 1.82) is 0 Å². The van der Waals surface area contributed by atoms with E-state index in [2.05, 4.69) is 0 Å². The first kappa shape index (κ1) is 16.7. The molecule has 0 saturated heterocycles. The minimum Gasteiger partial charge on any atom is -0.478 e. The van der Waals surface area contributed by atoms with Crippen LogP contribution in [0, 0.1) is 0 Å². The minimum atomic E-state index is -3.98. The minimum absolute atomic E-state index is 0.0539. The molecule has 0 bridgehead atoms. The predicted octanol–water partition coefficient (Wildman–Crippen LogP) is 3.13. The summed E-state index contributed by atoms with van der Waals surface area (Å²) in [6.07, 6.45) is 0. The van der Waals surface area contributed by atoms with Gasteiger partial charge in [-0.2, -0.15) is 0 Å². The lowest BCUT2D eigenvalue weighted by atomic mass is 10.3. The van der Waals surface area contributed by atoms with Gasteiger partial charge in [0.15, 0.2) is 0 Å². The summed E-state index contributed by atoms with van der Waals surface area (Å²) in [5.74, 6) is -1.14. The van der Waals surface area contributed by atoms with Gasteiger partial charge in [0.05, 0.1) is 13.2 Å². The molecule has 0 fully saturated rings. The zero-order chi connectivity index (χ0) is 15.2. The molecule has 0 heterocycles. The Labute approximate surface area is 118 Å². The second kappa shape index (κ2) is 6.88. The van der Waals surface area contributed by atoms with E-state index < -0.39 is 18.9 Å². The summed E-state index contributed by atoms with van der Waals surface area (Å²) in [6, 6.07) is 8.27. The van der Waals surface area contributed by atoms with E-state index >= 15 is 0 Å². The number of aliphatic carboxylic acids is 1. The number of ether oxygens (including phenoxy) is 1. The van der Waals surface area contributed by atoms with Crippen molar-refractivity contribution in [2.24, 2.45) is 0 Å². The van der Waals surface area contributed by atoms with Crippen LogP contribution in [0.25, 0.3) is 0 Å². The van der Waals surface area contributed by atoms with Gasteiger partial charge in [-0.15, -0.1) is 0 Å². The Morgan fingerprint density at radius 1 is 1.20 bits per heavy atom. The first-order valence-corrected chi connectivity index (χ1v) is 7.80. The largest absolute Gasteiger partial charge is 0.478 e. The first-order valence-electron chi connectivity index (χ1n) is 6.26. The molecular formula is C13H19O6P. The lowest BCUT2D eigenvalue weighted by Crippen LogP contribution is -2.42. The lowest BCUT2D eigenvalue weighted by Gasteiger charge is -2.32. The lowest BCUT2D eigenvalue weighted by molar-refractivity contribution is -0.148. The average Bonchev–Trinajstić information content (AvgIpc) is 2.40.